The number of rotatable bonds is 2. The van der Waals surface area contributed by atoms with Crippen LogP contribution in [0.4, 0.5) is 21.2 Å². The molecule has 2 aliphatic heterocycles. The predicted molar refractivity (Wildman–Crippen MR) is 125 cm³/mol. The molecule has 1 saturated heterocycles. The summed E-state index contributed by atoms with van der Waals surface area (Å²) in [4.78, 5) is 40.5. The van der Waals surface area contributed by atoms with E-state index in [1.54, 1.807) is 6.08 Å². The molecule has 6 nitrogen and oxygen atoms in total. The Balaban J connectivity index is 1.69. The van der Waals surface area contributed by atoms with Crippen molar-refractivity contribution in [3.05, 3.63) is 82.2 Å². The normalized spacial score (nSPS) is 18.5. The highest BCUT2D eigenvalue weighted by Gasteiger charge is 2.39. The maximum atomic E-state index is 12.6. The number of amides is 4. The quantitative estimate of drug-likeness (QED) is 0.450. The Labute approximate surface area is 189 Å². The first kappa shape index (κ1) is 20.2. The monoisotopic (exact) mass is 443 g/mol. The number of nitrogens with one attached hydrogen (secondary N) is 1. The summed E-state index contributed by atoms with van der Waals surface area (Å²) in [5.41, 5.74) is 4.14. The Kier molecular flexibility index (Phi) is 4.53. The second-order valence-corrected chi connectivity index (χ2v) is 9.42. The lowest BCUT2D eigenvalue weighted by Gasteiger charge is -2.39. The van der Waals surface area contributed by atoms with Gasteiger partial charge in [0.1, 0.15) is 10.6 Å². The number of hydrogen-bond acceptors (Lipinski definition) is 5. The van der Waals surface area contributed by atoms with E-state index in [-0.39, 0.29) is 11.0 Å². The number of barbiturate groups is 1. The van der Waals surface area contributed by atoms with Gasteiger partial charge >= 0.3 is 6.03 Å². The standard InChI is InChI=1S/C25H21N3O3S/c1-25(2)18-11-7-8-12-20(18)28(15-9-5-4-6-10-15)23-19(25)14-16(32-23)13-17-21(29)26-24(31)27(3)22(17)30/h4-14H,1-3H3,(H,26,29,31)/b17-13+. The Bertz CT molecular complexity index is 1310. The molecule has 0 aliphatic carbocycles. The summed E-state index contributed by atoms with van der Waals surface area (Å²) in [6.07, 6.45) is 1.58. The number of fused-ring (bicyclic) bond motifs is 2. The molecule has 0 bridgehead atoms. The Morgan fingerprint density at radius 1 is 0.938 bits per heavy atom. The number of anilines is 3. The van der Waals surface area contributed by atoms with E-state index in [9.17, 15) is 14.4 Å². The van der Waals surface area contributed by atoms with E-state index >= 15 is 0 Å². The Morgan fingerprint density at radius 3 is 2.38 bits per heavy atom. The molecule has 3 aromatic rings. The highest BCUT2D eigenvalue weighted by atomic mass is 32.1. The molecular weight excluding hydrogens is 422 g/mol. The van der Waals surface area contributed by atoms with Gasteiger partial charge in [-0.05, 0) is 41.5 Å². The second-order valence-electron chi connectivity index (χ2n) is 8.36. The van der Waals surface area contributed by atoms with Crippen molar-refractivity contribution in [1.29, 1.82) is 0 Å². The number of hydrogen-bond donors (Lipinski definition) is 1. The number of carbonyl (C=O) groups is 3. The van der Waals surface area contributed by atoms with Crippen LogP contribution in [0.1, 0.15) is 29.9 Å². The summed E-state index contributed by atoms with van der Waals surface area (Å²) in [5.74, 6) is -1.28. The van der Waals surface area contributed by atoms with E-state index in [0.29, 0.717) is 0 Å². The van der Waals surface area contributed by atoms with E-state index in [4.69, 9.17) is 0 Å². The highest BCUT2D eigenvalue weighted by Crippen LogP contribution is 2.55. The van der Waals surface area contributed by atoms with Crippen LogP contribution in [0.5, 0.6) is 0 Å². The van der Waals surface area contributed by atoms with Gasteiger partial charge in [-0.2, -0.15) is 0 Å². The molecule has 1 N–H and O–H groups in total. The molecule has 1 fully saturated rings. The van der Waals surface area contributed by atoms with Gasteiger partial charge in [-0.3, -0.25) is 19.8 Å². The zero-order valence-corrected chi connectivity index (χ0v) is 18.7. The molecular formula is C25H21N3O3S. The summed E-state index contributed by atoms with van der Waals surface area (Å²) in [6.45, 7) is 4.36. The molecule has 3 heterocycles. The van der Waals surface area contributed by atoms with Gasteiger partial charge in [0.15, 0.2) is 0 Å². The Hall–Kier alpha value is -3.71. The third-order valence-corrected chi connectivity index (χ3v) is 7.10. The van der Waals surface area contributed by atoms with E-state index in [2.05, 4.69) is 48.3 Å². The van der Waals surface area contributed by atoms with Crippen molar-refractivity contribution >= 4 is 51.6 Å². The van der Waals surface area contributed by atoms with Crippen molar-refractivity contribution in [3.63, 3.8) is 0 Å². The van der Waals surface area contributed by atoms with Crippen LogP contribution in [0.3, 0.4) is 0 Å². The van der Waals surface area contributed by atoms with Gasteiger partial charge in [0.2, 0.25) is 0 Å². The fourth-order valence-electron chi connectivity index (χ4n) is 4.26. The number of imide groups is 2. The van der Waals surface area contributed by atoms with Crippen LogP contribution in [0, 0.1) is 0 Å². The lowest BCUT2D eigenvalue weighted by molar-refractivity contribution is -0.129. The molecule has 1 aromatic heterocycles. The molecule has 0 radical (unpaired) electrons. The molecule has 160 valence electrons. The molecule has 2 aromatic carbocycles. The molecule has 0 unspecified atom stereocenters. The first-order valence-electron chi connectivity index (χ1n) is 10.2. The van der Waals surface area contributed by atoms with Crippen molar-refractivity contribution in [3.8, 4) is 0 Å². The van der Waals surface area contributed by atoms with E-state index in [1.807, 2.05) is 36.4 Å². The van der Waals surface area contributed by atoms with Gasteiger partial charge in [0.25, 0.3) is 11.8 Å². The number of likely N-dealkylation sites (N-methyl/N-ethyl adjacent to an activating group) is 1. The predicted octanol–water partition coefficient (Wildman–Crippen LogP) is 4.95. The average molecular weight is 444 g/mol. The number of thiophene rings is 1. The second kappa shape index (κ2) is 7.17. The van der Waals surface area contributed by atoms with Gasteiger partial charge in [0, 0.05) is 23.0 Å². The van der Waals surface area contributed by atoms with Gasteiger partial charge in [-0.1, -0.05) is 50.2 Å². The smallest absolute Gasteiger partial charge is 0.301 e. The molecule has 0 spiro atoms. The first-order chi connectivity index (χ1) is 15.3. The van der Waals surface area contributed by atoms with E-state index in [1.165, 1.54) is 23.9 Å². The van der Waals surface area contributed by atoms with Crippen LogP contribution < -0.4 is 10.2 Å². The molecule has 5 rings (SSSR count). The number of carbonyl (C=O) groups excluding carboxylic acids is 3. The lowest BCUT2D eigenvalue weighted by Crippen LogP contribution is -2.52. The summed E-state index contributed by atoms with van der Waals surface area (Å²) in [6, 6.07) is 19.8. The first-order valence-corrected chi connectivity index (χ1v) is 11.0. The summed E-state index contributed by atoms with van der Waals surface area (Å²) < 4.78 is 0. The minimum absolute atomic E-state index is 0.0488. The molecule has 2 aliphatic rings. The molecule has 7 heteroatoms. The molecule has 0 saturated carbocycles. The van der Waals surface area contributed by atoms with Gasteiger partial charge < -0.3 is 4.90 Å². The molecule has 32 heavy (non-hydrogen) atoms. The number of urea groups is 1. The number of benzene rings is 2. The van der Waals surface area contributed by atoms with Crippen molar-refractivity contribution in [1.82, 2.24) is 10.2 Å². The maximum absolute atomic E-state index is 12.6. The van der Waals surface area contributed by atoms with Crippen molar-refractivity contribution in [2.75, 3.05) is 11.9 Å². The SMILES string of the molecule is CN1C(=O)NC(=O)/C(=C\c2cc3c(s2)N(c2ccccc2)c2ccccc2C3(C)C)C1=O. The summed E-state index contributed by atoms with van der Waals surface area (Å²) in [7, 11) is 1.36. The van der Waals surface area contributed by atoms with E-state index < -0.39 is 17.8 Å². The van der Waals surface area contributed by atoms with Gasteiger partial charge in [-0.15, -0.1) is 11.3 Å². The van der Waals surface area contributed by atoms with Crippen LogP contribution in [0.15, 0.2) is 66.2 Å². The topological polar surface area (TPSA) is 69.7 Å². The van der Waals surface area contributed by atoms with Crippen molar-refractivity contribution < 1.29 is 14.4 Å². The van der Waals surface area contributed by atoms with Crippen LogP contribution >= 0.6 is 11.3 Å². The molecule has 0 atom stereocenters. The average Bonchev–Trinajstić information content (AvgIpc) is 3.21. The zero-order chi connectivity index (χ0) is 22.6. The minimum Gasteiger partial charge on any atom is -0.301 e. The Morgan fingerprint density at radius 2 is 1.62 bits per heavy atom. The van der Waals surface area contributed by atoms with Gasteiger partial charge in [0.05, 0.1) is 5.69 Å². The third kappa shape index (κ3) is 2.97. The minimum atomic E-state index is -0.713. The largest absolute Gasteiger partial charge is 0.331 e. The van der Waals surface area contributed by atoms with Crippen LogP contribution in [0.2, 0.25) is 0 Å². The van der Waals surface area contributed by atoms with E-state index in [0.717, 1.165) is 31.7 Å². The fourth-order valence-corrected chi connectivity index (χ4v) is 5.55. The number of para-hydroxylation sites is 2. The summed E-state index contributed by atoms with van der Waals surface area (Å²) >= 11 is 1.52. The maximum Gasteiger partial charge on any atom is 0.331 e. The molecule has 4 amide bonds. The number of nitrogens with zero attached hydrogens (tertiary/aromatic N) is 2. The zero-order valence-electron chi connectivity index (χ0n) is 17.9. The van der Waals surface area contributed by atoms with Crippen LogP contribution in [0.25, 0.3) is 6.08 Å². The fraction of sp³-hybridized carbons (Fsp3) is 0.160. The highest BCUT2D eigenvalue weighted by molar-refractivity contribution is 7.17. The van der Waals surface area contributed by atoms with Crippen LogP contribution in [-0.4, -0.2) is 29.8 Å². The third-order valence-electron chi connectivity index (χ3n) is 6.03. The van der Waals surface area contributed by atoms with Gasteiger partial charge in [-0.25, -0.2) is 4.79 Å². The van der Waals surface area contributed by atoms with Crippen molar-refractivity contribution in [2.24, 2.45) is 0 Å². The van der Waals surface area contributed by atoms with Crippen LogP contribution in [-0.2, 0) is 15.0 Å². The van der Waals surface area contributed by atoms with Crippen molar-refractivity contribution in [2.45, 2.75) is 19.3 Å². The lowest BCUT2D eigenvalue weighted by atomic mass is 9.75. The summed E-state index contributed by atoms with van der Waals surface area (Å²) in [5, 5.41) is 3.25.